The monoisotopic (exact) mass is 398 g/mol. The Morgan fingerprint density at radius 2 is 1.63 bits per heavy atom. The standard InChI is InChI=1S/C27H30N2O/c30-26(19-23-11-6-10-21-7-4-5-12-24(21)23)29-17-14-27(15-18-29)13-16-28-20-25(27)22-8-2-1-3-9-22/h1-12,25,28H,13-20H2/t25-/m0/s1. The molecule has 2 aliphatic rings. The molecule has 2 saturated heterocycles. The Labute approximate surface area is 179 Å². The molecular formula is C27H30N2O. The van der Waals surface area contributed by atoms with Crippen LogP contribution in [0.25, 0.3) is 10.8 Å². The zero-order valence-corrected chi connectivity index (χ0v) is 17.5. The molecule has 5 rings (SSSR count). The number of fused-ring (bicyclic) bond motifs is 1. The minimum Gasteiger partial charge on any atom is -0.342 e. The second kappa shape index (κ2) is 8.23. The summed E-state index contributed by atoms with van der Waals surface area (Å²) in [5, 5.41) is 6.02. The van der Waals surface area contributed by atoms with Gasteiger partial charge in [0.15, 0.2) is 0 Å². The van der Waals surface area contributed by atoms with Crippen LogP contribution in [0.1, 0.15) is 36.3 Å². The van der Waals surface area contributed by atoms with Crippen LogP contribution in [0.2, 0.25) is 0 Å². The molecule has 1 amide bonds. The molecule has 0 aromatic heterocycles. The first-order chi connectivity index (χ1) is 14.8. The van der Waals surface area contributed by atoms with Gasteiger partial charge in [-0.2, -0.15) is 0 Å². The van der Waals surface area contributed by atoms with Gasteiger partial charge in [0.2, 0.25) is 5.91 Å². The van der Waals surface area contributed by atoms with Crippen molar-refractivity contribution in [1.29, 1.82) is 0 Å². The van der Waals surface area contributed by atoms with Crippen LogP contribution in [0.3, 0.4) is 0 Å². The Morgan fingerprint density at radius 3 is 2.47 bits per heavy atom. The number of benzene rings is 3. The summed E-state index contributed by atoms with van der Waals surface area (Å²) in [5.74, 6) is 0.814. The summed E-state index contributed by atoms with van der Waals surface area (Å²) in [6.45, 7) is 3.90. The fourth-order valence-corrected chi connectivity index (χ4v) is 5.65. The van der Waals surface area contributed by atoms with Crippen LogP contribution < -0.4 is 5.32 Å². The normalized spacial score (nSPS) is 21.1. The van der Waals surface area contributed by atoms with E-state index in [2.05, 4.69) is 83.0 Å². The van der Waals surface area contributed by atoms with Crippen LogP contribution in [0.4, 0.5) is 0 Å². The number of likely N-dealkylation sites (tertiary alicyclic amines) is 1. The van der Waals surface area contributed by atoms with Gasteiger partial charge in [-0.3, -0.25) is 4.79 Å². The highest BCUT2D eigenvalue weighted by Crippen LogP contribution is 2.48. The zero-order valence-electron chi connectivity index (χ0n) is 17.5. The van der Waals surface area contributed by atoms with Gasteiger partial charge in [-0.15, -0.1) is 0 Å². The number of carbonyl (C=O) groups is 1. The summed E-state index contributed by atoms with van der Waals surface area (Å²) in [6, 6.07) is 25.6. The Bertz CT molecular complexity index is 1020. The fraction of sp³-hybridized carbons (Fsp3) is 0.370. The number of rotatable bonds is 3. The van der Waals surface area contributed by atoms with E-state index >= 15 is 0 Å². The van der Waals surface area contributed by atoms with Crippen molar-refractivity contribution in [1.82, 2.24) is 10.2 Å². The third-order valence-electron chi connectivity index (χ3n) is 7.42. The SMILES string of the molecule is O=C(Cc1cccc2ccccc12)N1CCC2(CCNC[C@H]2c2ccccc2)CC1. The van der Waals surface area contributed by atoms with Gasteiger partial charge in [-0.25, -0.2) is 0 Å². The predicted molar refractivity (Wildman–Crippen MR) is 123 cm³/mol. The molecule has 30 heavy (non-hydrogen) atoms. The predicted octanol–water partition coefficient (Wildman–Crippen LogP) is 4.77. The lowest BCUT2D eigenvalue weighted by Crippen LogP contribution is -2.51. The molecule has 3 aromatic carbocycles. The Balaban J connectivity index is 1.29. The molecule has 2 heterocycles. The lowest BCUT2D eigenvalue weighted by molar-refractivity contribution is -0.133. The highest BCUT2D eigenvalue weighted by Gasteiger charge is 2.44. The Kier molecular flexibility index (Phi) is 5.30. The maximum atomic E-state index is 13.1. The molecule has 3 heteroatoms. The summed E-state index contributed by atoms with van der Waals surface area (Å²) in [7, 11) is 0. The van der Waals surface area contributed by atoms with Gasteiger partial charge in [0.1, 0.15) is 0 Å². The van der Waals surface area contributed by atoms with Crippen molar-refractivity contribution < 1.29 is 4.79 Å². The third kappa shape index (κ3) is 3.63. The van der Waals surface area contributed by atoms with Crippen LogP contribution >= 0.6 is 0 Å². The first kappa shape index (κ1) is 19.3. The van der Waals surface area contributed by atoms with Crippen molar-refractivity contribution in [2.75, 3.05) is 26.2 Å². The lowest BCUT2D eigenvalue weighted by Gasteiger charge is -2.49. The number of hydrogen-bond donors (Lipinski definition) is 1. The van der Waals surface area contributed by atoms with E-state index in [-0.39, 0.29) is 5.91 Å². The van der Waals surface area contributed by atoms with Crippen molar-refractivity contribution in [3.63, 3.8) is 0 Å². The smallest absolute Gasteiger partial charge is 0.227 e. The molecule has 0 saturated carbocycles. The van der Waals surface area contributed by atoms with Crippen LogP contribution in [-0.2, 0) is 11.2 Å². The maximum Gasteiger partial charge on any atom is 0.227 e. The second-order valence-electron chi connectivity index (χ2n) is 8.98. The number of carbonyl (C=O) groups excluding carboxylic acids is 1. The molecule has 0 aliphatic carbocycles. The molecule has 0 unspecified atom stereocenters. The number of piperidine rings is 2. The van der Waals surface area contributed by atoms with Gasteiger partial charge < -0.3 is 10.2 Å². The minimum atomic E-state index is 0.270. The molecule has 1 N–H and O–H groups in total. The van der Waals surface area contributed by atoms with Crippen LogP contribution in [0.15, 0.2) is 72.8 Å². The van der Waals surface area contributed by atoms with Gasteiger partial charge in [0.05, 0.1) is 6.42 Å². The van der Waals surface area contributed by atoms with E-state index in [4.69, 9.17) is 0 Å². The van der Waals surface area contributed by atoms with Crippen molar-refractivity contribution in [3.05, 3.63) is 83.9 Å². The molecule has 3 aromatic rings. The Hall–Kier alpha value is -2.65. The minimum absolute atomic E-state index is 0.270. The largest absolute Gasteiger partial charge is 0.342 e. The van der Waals surface area contributed by atoms with Crippen LogP contribution in [0, 0.1) is 5.41 Å². The quantitative estimate of drug-likeness (QED) is 0.689. The van der Waals surface area contributed by atoms with Crippen LogP contribution in [0.5, 0.6) is 0 Å². The summed E-state index contributed by atoms with van der Waals surface area (Å²) in [5.41, 5.74) is 2.91. The van der Waals surface area contributed by atoms with E-state index in [1.165, 1.54) is 22.8 Å². The summed E-state index contributed by atoms with van der Waals surface area (Å²) >= 11 is 0. The van der Waals surface area contributed by atoms with Crippen LogP contribution in [-0.4, -0.2) is 37.0 Å². The van der Waals surface area contributed by atoms with E-state index in [1.807, 2.05) is 0 Å². The van der Waals surface area contributed by atoms with Gasteiger partial charge in [0, 0.05) is 25.6 Å². The number of nitrogens with zero attached hydrogens (tertiary/aromatic N) is 1. The van der Waals surface area contributed by atoms with E-state index in [0.29, 0.717) is 17.8 Å². The second-order valence-corrected chi connectivity index (χ2v) is 8.98. The number of nitrogens with one attached hydrogen (secondary N) is 1. The number of amides is 1. The molecular weight excluding hydrogens is 368 g/mol. The molecule has 154 valence electrons. The first-order valence-electron chi connectivity index (χ1n) is 11.3. The van der Waals surface area contributed by atoms with Gasteiger partial charge in [-0.05, 0) is 53.1 Å². The third-order valence-corrected chi connectivity index (χ3v) is 7.42. The van der Waals surface area contributed by atoms with Crippen molar-refractivity contribution in [3.8, 4) is 0 Å². The summed E-state index contributed by atoms with van der Waals surface area (Å²) in [6.07, 6.45) is 3.92. The van der Waals surface area contributed by atoms with Crippen molar-refractivity contribution in [2.45, 2.75) is 31.6 Å². The lowest BCUT2D eigenvalue weighted by atomic mass is 9.62. The molecule has 1 atom stereocenters. The summed E-state index contributed by atoms with van der Waals surface area (Å²) < 4.78 is 0. The average Bonchev–Trinajstić information content (AvgIpc) is 2.81. The van der Waals surface area contributed by atoms with Gasteiger partial charge in [0.25, 0.3) is 0 Å². The van der Waals surface area contributed by atoms with Crippen molar-refractivity contribution >= 4 is 16.7 Å². The van der Waals surface area contributed by atoms with Crippen molar-refractivity contribution in [2.24, 2.45) is 5.41 Å². The van der Waals surface area contributed by atoms with E-state index in [1.54, 1.807) is 0 Å². The van der Waals surface area contributed by atoms with Gasteiger partial charge >= 0.3 is 0 Å². The maximum absolute atomic E-state index is 13.1. The molecule has 2 fully saturated rings. The zero-order chi connectivity index (χ0) is 20.4. The molecule has 1 spiro atoms. The summed E-state index contributed by atoms with van der Waals surface area (Å²) in [4.78, 5) is 15.3. The molecule has 3 nitrogen and oxygen atoms in total. The molecule has 2 aliphatic heterocycles. The highest BCUT2D eigenvalue weighted by atomic mass is 16.2. The Morgan fingerprint density at radius 1 is 0.900 bits per heavy atom. The molecule has 0 radical (unpaired) electrons. The van der Waals surface area contributed by atoms with E-state index < -0.39 is 0 Å². The molecule has 0 bridgehead atoms. The number of hydrogen-bond acceptors (Lipinski definition) is 2. The fourth-order valence-electron chi connectivity index (χ4n) is 5.65. The van der Waals surface area contributed by atoms with E-state index in [0.717, 1.165) is 44.6 Å². The highest BCUT2D eigenvalue weighted by molar-refractivity contribution is 5.90. The van der Waals surface area contributed by atoms with Gasteiger partial charge in [-0.1, -0.05) is 72.8 Å². The first-order valence-corrected chi connectivity index (χ1v) is 11.3. The average molecular weight is 399 g/mol. The van der Waals surface area contributed by atoms with E-state index in [9.17, 15) is 4.79 Å². The topological polar surface area (TPSA) is 32.3 Å².